The van der Waals surface area contributed by atoms with E-state index < -0.39 is 17.8 Å². The molecule has 1 N–H and O–H groups in total. The molecule has 7 nitrogen and oxygen atoms in total. The van der Waals surface area contributed by atoms with Gasteiger partial charge in [0, 0.05) is 0 Å². The Hall–Kier alpha value is -3.32. The largest absolute Gasteiger partial charge is 0.495 e. The molecule has 0 bridgehead atoms. The number of benzene rings is 2. The molecule has 2 amide bonds. The van der Waals surface area contributed by atoms with Gasteiger partial charge in [-0.3, -0.25) is 9.59 Å². The van der Waals surface area contributed by atoms with Gasteiger partial charge < -0.3 is 14.8 Å². The van der Waals surface area contributed by atoms with Gasteiger partial charge >= 0.3 is 5.97 Å². The normalized spacial score (nSPS) is 13.8. The highest BCUT2D eigenvalue weighted by Crippen LogP contribution is 2.34. The van der Waals surface area contributed by atoms with Crippen LogP contribution in [-0.2, 0) is 14.3 Å². The van der Waals surface area contributed by atoms with Gasteiger partial charge in [-0.1, -0.05) is 35.9 Å². The summed E-state index contributed by atoms with van der Waals surface area (Å²) < 4.78 is 10.3. The molecule has 1 aliphatic heterocycles. The molecule has 0 unspecified atom stereocenters. The second kappa shape index (κ2) is 8.14. The predicted molar refractivity (Wildman–Crippen MR) is 104 cm³/mol. The molecule has 0 atom stereocenters. The van der Waals surface area contributed by atoms with Gasteiger partial charge in [-0.05, 0) is 31.2 Å². The first-order valence-corrected chi connectivity index (χ1v) is 8.82. The molecule has 144 valence electrons. The highest BCUT2D eigenvalue weighted by atomic mass is 35.5. The molecule has 0 spiro atoms. The number of imide groups is 1. The summed E-state index contributed by atoms with van der Waals surface area (Å²) in [6.07, 6.45) is 0. The number of methoxy groups -OCH3 is 1. The quantitative estimate of drug-likeness (QED) is 0.591. The van der Waals surface area contributed by atoms with Gasteiger partial charge in [0.05, 0.1) is 30.7 Å². The molecule has 0 fully saturated rings. The summed E-state index contributed by atoms with van der Waals surface area (Å²) in [6.45, 7) is 1.83. The number of esters is 1. The fraction of sp³-hybridized carbons (Fsp3) is 0.150. The fourth-order valence-corrected chi connectivity index (χ4v) is 2.98. The number of rotatable bonds is 6. The van der Waals surface area contributed by atoms with Crippen LogP contribution >= 0.6 is 11.6 Å². The molecule has 0 radical (unpaired) electrons. The summed E-state index contributed by atoms with van der Waals surface area (Å²) in [6, 6.07) is 13.1. The Morgan fingerprint density at radius 1 is 1.07 bits per heavy atom. The number of hydrogen-bond acceptors (Lipinski definition) is 6. The number of ether oxygens (including phenoxy) is 2. The van der Waals surface area contributed by atoms with E-state index in [0.29, 0.717) is 11.4 Å². The van der Waals surface area contributed by atoms with Crippen molar-refractivity contribution in [2.45, 2.75) is 6.92 Å². The van der Waals surface area contributed by atoms with Crippen LogP contribution in [0.5, 0.6) is 5.75 Å². The smallest absolute Gasteiger partial charge is 0.340 e. The third-order valence-corrected chi connectivity index (χ3v) is 4.38. The number of anilines is 2. The Balaban J connectivity index is 1.97. The van der Waals surface area contributed by atoms with E-state index in [9.17, 15) is 14.4 Å². The zero-order chi connectivity index (χ0) is 20.3. The molecule has 28 heavy (non-hydrogen) atoms. The van der Waals surface area contributed by atoms with Crippen LogP contribution in [0.15, 0.2) is 59.3 Å². The number of carbonyl (C=O) groups excluding carboxylic acids is 3. The van der Waals surface area contributed by atoms with E-state index in [2.05, 4.69) is 5.32 Å². The number of amides is 2. The third kappa shape index (κ3) is 3.44. The first kappa shape index (κ1) is 19.4. The molecule has 3 rings (SSSR count). The minimum atomic E-state index is -0.735. The second-order valence-electron chi connectivity index (χ2n) is 5.70. The van der Waals surface area contributed by atoms with Crippen LogP contribution in [0.25, 0.3) is 0 Å². The van der Waals surface area contributed by atoms with Crippen LogP contribution in [0.2, 0.25) is 0 Å². The van der Waals surface area contributed by atoms with Crippen LogP contribution in [0.1, 0.15) is 17.3 Å². The lowest BCUT2D eigenvalue weighted by molar-refractivity contribution is -0.120. The molecule has 0 saturated carbocycles. The maximum atomic E-state index is 13.0. The lowest BCUT2D eigenvalue weighted by Crippen LogP contribution is -2.33. The van der Waals surface area contributed by atoms with Crippen LogP contribution in [0.4, 0.5) is 11.4 Å². The average Bonchev–Trinajstić information content (AvgIpc) is 2.92. The molecular weight excluding hydrogens is 384 g/mol. The van der Waals surface area contributed by atoms with Gasteiger partial charge in [-0.2, -0.15) is 0 Å². The maximum Gasteiger partial charge on any atom is 0.340 e. The van der Waals surface area contributed by atoms with E-state index in [4.69, 9.17) is 21.1 Å². The number of halogens is 1. The van der Waals surface area contributed by atoms with E-state index in [0.717, 1.165) is 4.90 Å². The molecule has 0 aromatic heterocycles. The fourth-order valence-electron chi connectivity index (χ4n) is 2.76. The summed E-state index contributed by atoms with van der Waals surface area (Å²) in [7, 11) is 1.49. The van der Waals surface area contributed by atoms with Gasteiger partial charge in [-0.15, -0.1) is 0 Å². The second-order valence-corrected chi connectivity index (χ2v) is 6.08. The topological polar surface area (TPSA) is 84.9 Å². The van der Waals surface area contributed by atoms with E-state index in [1.54, 1.807) is 43.3 Å². The Bertz CT molecular complexity index is 986. The number of nitrogens with zero attached hydrogens (tertiary/aromatic N) is 1. The van der Waals surface area contributed by atoms with Crippen molar-refractivity contribution in [3.8, 4) is 5.75 Å². The van der Waals surface area contributed by atoms with Gasteiger partial charge in [-0.25, -0.2) is 9.69 Å². The summed E-state index contributed by atoms with van der Waals surface area (Å²) >= 11 is 6.15. The SMILES string of the molecule is CCOC(=O)c1ccccc1N1C(=O)C(Cl)=C(Nc2ccccc2OC)C1=O. The Kier molecular flexibility index (Phi) is 5.65. The van der Waals surface area contributed by atoms with E-state index >= 15 is 0 Å². The van der Waals surface area contributed by atoms with Crippen LogP contribution < -0.4 is 15.0 Å². The highest BCUT2D eigenvalue weighted by Gasteiger charge is 2.40. The van der Waals surface area contributed by atoms with Gasteiger partial charge in [0.2, 0.25) is 0 Å². The van der Waals surface area contributed by atoms with Crippen molar-refractivity contribution >= 4 is 40.8 Å². The van der Waals surface area contributed by atoms with Gasteiger partial charge in [0.25, 0.3) is 11.8 Å². The molecule has 1 heterocycles. The number of carbonyl (C=O) groups is 3. The van der Waals surface area contributed by atoms with E-state index in [-0.39, 0.29) is 28.6 Å². The molecule has 0 saturated heterocycles. The van der Waals surface area contributed by atoms with Crippen molar-refractivity contribution in [2.75, 3.05) is 23.9 Å². The first-order chi connectivity index (χ1) is 13.5. The van der Waals surface area contributed by atoms with Crippen molar-refractivity contribution in [1.29, 1.82) is 0 Å². The van der Waals surface area contributed by atoms with Gasteiger partial charge in [0.1, 0.15) is 16.5 Å². The Labute approximate surface area is 166 Å². The minimum Gasteiger partial charge on any atom is -0.495 e. The van der Waals surface area contributed by atoms with Crippen molar-refractivity contribution in [2.24, 2.45) is 0 Å². The standard InChI is InChI=1S/C20H17ClN2O5/c1-3-28-20(26)12-8-4-6-10-14(12)23-18(24)16(21)17(19(23)25)22-13-9-5-7-11-15(13)27-2/h4-11,22H,3H2,1-2H3. The van der Waals surface area contributed by atoms with Crippen molar-refractivity contribution in [1.82, 2.24) is 0 Å². The summed E-state index contributed by atoms with van der Waals surface area (Å²) in [5, 5.41) is 2.58. The first-order valence-electron chi connectivity index (χ1n) is 8.44. The lowest BCUT2D eigenvalue weighted by Gasteiger charge is -2.18. The van der Waals surface area contributed by atoms with E-state index in [1.165, 1.54) is 19.2 Å². The summed E-state index contributed by atoms with van der Waals surface area (Å²) in [5.74, 6) is -1.58. The molecule has 1 aliphatic rings. The Morgan fingerprint density at radius 3 is 2.46 bits per heavy atom. The van der Waals surface area contributed by atoms with Crippen LogP contribution in [0, 0.1) is 0 Å². The zero-order valence-corrected chi connectivity index (χ0v) is 15.9. The van der Waals surface area contributed by atoms with Crippen molar-refractivity contribution < 1.29 is 23.9 Å². The molecule has 2 aromatic rings. The summed E-state index contributed by atoms with van der Waals surface area (Å²) in [5.41, 5.74) is 0.564. The maximum absolute atomic E-state index is 13.0. The lowest BCUT2D eigenvalue weighted by atomic mass is 10.1. The monoisotopic (exact) mass is 400 g/mol. The summed E-state index contributed by atoms with van der Waals surface area (Å²) in [4.78, 5) is 38.7. The van der Waals surface area contributed by atoms with E-state index in [1.807, 2.05) is 0 Å². The van der Waals surface area contributed by atoms with Crippen molar-refractivity contribution in [3.05, 3.63) is 64.8 Å². The number of para-hydroxylation sites is 3. The third-order valence-electron chi connectivity index (χ3n) is 4.03. The molecular formula is C20H17ClN2O5. The Morgan fingerprint density at radius 2 is 1.75 bits per heavy atom. The predicted octanol–water partition coefficient (Wildman–Crippen LogP) is 3.31. The van der Waals surface area contributed by atoms with Crippen LogP contribution in [0.3, 0.4) is 0 Å². The minimum absolute atomic E-state index is 0.0917. The number of nitrogens with one attached hydrogen (secondary N) is 1. The van der Waals surface area contributed by atoms with Crippen LogP contribution in [-0.4, -0.2) is 31.5 Å². The average molecular weight is 401 g/mol. The molecule has 8 heteroatoms. The van der Waals surface area contributed by atoms with Crippen molar-refractivity contribution in [3.63, 3.8) is 0 Å². The molecule has 2 aromatic carbocycles. The molecule has 0 aliphatic carbocycles. The number of hydrogen-bond donors (Lipinski definition) is 1. The van der Waals surface area contributed by atoms with Gasteiger partial charge in [0.15, 0.2) is 0 Å². The highest BCUT2D eigenvalue weighted by molar-refractivity contribution is 6.53. The zero-order valence-electron chi connectivity index (χ0n) is 15.2.